The molecule has 0 saturated heterocycles. The second-order valence-corrected chi connectivity index (χ2v) is 4.48. The van der Waals surface area contributed by atoms with Crippen molar-refractivity contribution < 1.29 is 0 Å². The Morgan fingerprint density at radius 2 is 1.94 bits per heavy atom. The monoisotopic (exact) mass is 246 g/mol. The van der Waals surface area contributed by atoms with Crippen LogP contribution in [-0.2, 0) is 12.3 Å². The maximum Gasteiger partial charge on any atom is 0.133 e. The Hall–Kier alpha value is -1.41. The summed E-state index contributed by atoms with van der Waals surface area (Å²) in [5.41, 5.74) is 4.35. The molecule has 17 heavy (non-hydrogen) atoms. The smallest absolute Gasteiger partial charge is 0.133 e. The quantitative estimate of drug-likeness (QED) is 0.776. The van der Waals surface area contributed by atoms with Crippen LogP contribution in [-0.4, -0.2) is 9.97 Å². The van der Waals surface area contributed by atoms with Crippen LogP contribution in [0.5, 0.6) is 0 Å². The molecule has 1 aromatic heterocycles. The van der Waals surface area contributed by atoms with E-state index in [1.165, 1.54) is 11.1 Å². The van der Waals surface area contributed by atoms with Crippen LogP contribution >= 0.6 is 11.6 Å². The molecule has 2 rings (SSSR count). The zero-order valence-corrected chi connectivity index (χ0v) is 10.8. The predicted octanol–water partition coefficient (Wildman–Crippen LogP) is 3.42. The highest BCUT2D eigenvalue weighted by molar-refractivity contribution is 6.16. The molecule has 0 N–H and O–H groups in total. The van der Waals surface area contributed by atoms with Crippen LogP contribution in [0.4, 0.5) is 0 Å². The van der Waals surface area contributed by atoms with Crippen LogP contribution in [0.2, 0.25) is 0 Å². The average molecular weight is 247 g/mol. The van der Waals surface area contributed by atoms with Crippen molar-refractivity contribution in [3.05, 3.63) is 58.7 Å². The lowest BCUT2D eigenvalue weighted by molar-refractivity contribution is 0.912. The number of halogens is 1. The van der Waals surface area contributed by atoms with Gasteiger partial charge in [-0.05, 0) is 25.5 Å². The van der Waals surface area contributed by atoms with E-state index in [0.717, 1.165) is 23.6 Å². The zero-order valence-electron chi connectivity index (χ0n) is 10.1. The third kappa shape index (κ3) is 3.27. The van der Waals surface area contributed by atoms with E-state index in [1.807, 2.05) is 13.0 Å². The molecule has 0 saturated carbocycles. The minimum Gasteiger partial charge on any atom is -0.238 e. The molecule has 2 aromatic rings. The molecule has 0 spiro atoms. The molecule has 0 bridgehead atoms. The van der Waals surface area contributed by atoms with Gasteiger partial charge < -0.3 is 0 Å². The molecule has 0 fully saturated rings. The number of aromatic nitrogens is 2. The molecule has 88 valence electrons. The average Bonchev–Trinajstić information content (AvgIpc) is 2.28. The number of rotatable bonds is 3. The van der Waals surface area contributed by atoms with E-state index < -0.39 is 0 Å². The van der Waals surface area contributed by atoms with Crippen molar-refractivity contribution in [1.29, 1.82) is 0 Å². The van der Waals surface area contributed by atoms with Gasteiger partial charge in [0.05, 0.1) is 11.6 Å². The lowest BCUT2D eigenvalue weighted by atomic mass is 10.1. The SMILES string of the molecule is Cc1cccc(Cc2nc(C)cc(CCl)n2)c1. The Morgan fingerprint density at radius 3 is 2.65 bits per heavy atom. The Morgan fingerprint density at radius 1 is 1.12 bits per heavy atom. The van der Waals surface area contributed by atoms with E-state index in [1.54, 1.807) is 0 Å². The van der Waals surface area contributed by atoms with Crippen LogP contribution < -0.4 is 0 Å². The number of nitrogens with zero attached hydrogens (tertiary/aromatic N) is 2. The summed E-state index contributed by atoms with van der Waals surface area (Å²) in [6.45, 7) is 4.06. The highest BCUT2D eigenvalue weighted by Gasteiger charge is 2.03. The van der Waals surface area contributed by atoms with Crippen molar-refractivity contribution in [2.45, 2.75) is 26.1 Å². The summed E-state index contributed by atoms with van der Waals surface area (Å²) in [5.74, 6) is 1.27. The summed E-state index contributed by atoms with van der Waals surface area (Å²) in [6.07, 6.45) is 0.757. The number of benzene rings is 1. The third-order valence-corrected chi connectivity index (χ3v) is 2.81. The van der Waals surface area contributed by atoms with Crippen LogP contribution in [0, 0.1) is 13.8 Å². The topological polar surface area (TPSA) is 25.8 Å². The number of alkyl halides is 1. The molecule has 0 aliphatic carbocycles. The van der Waals surface area contributed by atoms with E-state index in [2.05, 4.69) is 41.2 Å². The van der Waals surface area contributed by atoms with E-state index in [-0.39, 0.29) is 0 Å². The first kappa shape index (κ1) is 12.1. The van der Waals surface area contributed by atoms with E-state index >= 15 is 0 Å². The summed E-state index contributed by atoms with van der Waals surface area (Å²) in [5, 5.41) is 0. The first-order valence-corrected chi connectivity index (χ1v) is 6.16. The second kappa shape index (κ2) is 5.28. The molecular formula is C14H15ClN2. The Kier molecular flexibility index (Phi) is 3.75. The van der Waals surface area contributed by atoms with Crippen molar-refractivity contribution in [1.82, 2.24) is 9.97 Å². The van der Waals surface area contributed by atoms with Gasteiger partial charge >= 0.3 is 0 Å². The maximum absolute atomic E-state index is 5.81. The Bertz CT molecular complexity index is 523. The molecular weight excluding hydrogens is 232 g/mol. The maximum atomic E-state index is 5.81. The second-order valence-electron chi connectivity index (χ2n) is 4.22. The number of hydrogen-bond donors (Lipinski definition) is 0. The summed E-state index contributed by atoms with van der Waals surface area (Å²) in [6, 6.07) is 10.3. The molecule has 0 aliphatic rings. The van der Waals surface area contributed by atoms with E-state index in [9.17, 15) is 0 Å². The molecule has 3 heteroatoms. The van der Waals surface area contributed by atoms with E-state index in [0.29, 0.717) is 5.88 Å². The van der Waals surface area contributed by atoms with Gasteiger partial charge in [-0.25, -0.2) is 9.97 Å². The van der Waals surface area contributed by atoms with Gasteiger partial charge in [-0.3, -0.25) is 0 Å². The fourth-order valence-corrected chi connectivity index (χ4v) is 1.99. The molecule has 0 aliphatic heterocycles. The van der Waals surface area contributed by atoms with Crippen LogP contribution in [0.25, 0.3) is 0 Å². The fourth-order valence-electron chi connectivity index (χ4n) is 1.85. The molecule has 0 amide bonds. The summed E-state index contributed by atoms with van der Waals surface area (Å²) < 4.78 is 0. The standard InChI is InChI=1S/C14H15ClN2/c1-10-4-3-5-12(6-10)8-14-16-11(2)7-13(9-15)17-14/h3-7H,8-9H2,1-2H3. The van der Waals surface area contributed by atoms with Gasteiger partial charge in [0.25, 0.3) is 0 Å². The Balaban J connectivity index is 2.26. The lowest BCUT2D eigenvalue weighted by Crippen LogP contribution is -2.01. The van der Waals surface area contributed by atoms with Crippen LogP contribution in [0.1, 0.15) is 28.3 Å². The van der Waals surface area contributed by atoms with Gasteiger partial charge in [-0.1, -0.05) is 29.8 Å². The number of hydrogen-bond acceptors (Lipinski definition) is 2. The summed E-state index contributed by atoms with van der Waals surface area (Å²) in [7, 11) is 0. The van der Waals surface area contributed by atoms with Gasteiger partial charge in [0.15, 0.2) is 0 Å². The first-order chi connectivity index (χ1) is 8.17. The largest absolute Gasteiger partial charge is 0.238 e. The summed E-state index contributed by atoms with van der Waals surface area (Å²) in [4.78, 5) is 8.87. The molecule has 2 nitrogen and oxygen atoms in total. The van der Waals surface area contributed by atoms with Crippen molar-refractivity contribution in [3.8, 4) is 0 Å². The van der Waals surface area contributed by atoms with Crippen LogP contribution in [0.15, 0.2) is 30.3 Å². The minimum absolute atomic E-state index is 0.435. The molecule has 1 heterocycles. The fraction of sp³-hybridized carbons (Fsp3) is 0.286. The van der Waals surface area contributed by atoms with Gasteiger partial charge in [-0.2, -0.15) is 0 Å². The van der Waals surface area contributed by atoms with Gasteiger partial charge in [0.1, 0.15) is 5.82 Å². The third-order valence-electron chi connectivity index (χ3n) is 2.54. The molecule has 0 atom stereocenters. The van der Waals surface area contributed by atoms with Gasteiger partial charge in [0, 0.05) is 12.1 Å². The molecule has 1 aromatic carbocycles. The van der Waals surface area contributed by atoms with Crippen molar-refractivity contribution in [2.24, 2.45) is 0 Å². The highest BCUT2D eigenvalue weighted by Crippen LogP contribution is 2.10. The number of aryl methyl sites for hydroxylation is 2. The lowest BCUT2D eigenvalue weighted by Gasteiger charge is -2.05. The predicted molar refractivity (Wildman–Crippen MR) is 70.3 cm³/mol. The Labute approximate surface area is 107 Å². The molecule has 0 unspecified atom stereocenters. The minimum atomic E-state index is 0.435. The van der Waals surface area contributed by atoms with Gasteiger partial charge in [-0.15, -0.1) is 11.6 Å². The normalized spacial score (nSPS) is 10.5. The van der Waals surface area contributed by atoms with Crippen molar-refractivity contribution in [2.75, 3.05) is 0 Å². The molecule has 0 radical (unpaired) electrons. The summed E-state index contributed by atoms with van der Waals surface area (Å²) >= 11 is 5.81. The van der Waals surface area contributed by atoms with Gasteiger partial charge in [0.2, 0.25) is 0 Å². The van der Waals surface area contributed by atoms with Crippen molar-refractivity contribution in [3.63, 3.8) is 0 Å². The van der Waals surface area contributed by atoms with E-state index in [4.69, 9.17) is 11.6 Å². The van der Waals surface area contributed by atoms with Crippen LogP contribution in [0.3, 0.4) is 0 Å². The first-order valence-electron chi connectivity index (χ1n) is 5.62. The zero-order chi connectivity index (χ0) is 12.3. The highest BCUT2D eigenvalue weighted by atomic mass is 35.5. The van der Waals surface area contributed by atoms with Crippen molar-refractivity contribution >= 4 is 11.6 Å².